The van der Waals surface area contributed by atoms with Crippen LogP contribution in [0, 0.1) is 5.92 Å². The lowest BCUT2D eigenvalue weighted by Crippen LogP contribution is -2.34. The molecule has 2 unspecified atom stereocenters. The minimum atomic E-state index is -0.175. The van der Waals surface area contributed by atoms with E-state index < -0.39 is 0 Å². The molecule has 0 radical (unpaired) electrons. The van der Waals surface area contributed by atoms with Crippen molar-refractivity contribution in [2.75, 3.05) is 10.6 Å². The van der Waals surface area contributed by atoms with Gasteiger partial charge in [0.1, 0.15) is 0 Å². The molecule has 7 heteroatoms. The first kappa shape index (κ1) is 19.4. The highest BCUT2D eigenvalue weighted by Crippen LogP contribution is 2.27. The molecule has 0 spiro atoms. The van der Waals surface area contributed by atoms with Crippen molar-refractivity contribution in [2.45, 2.75) is 31.7 Å². The predicted molar refractivity (Wildman–Crippen MR) is 105 cm³/mol. The molecule has 1 aromatic heterocycles. The van der Waals surface area contributed by atoms with Crippen LogP contribution in [0.1, 0.15) is 35.4 Å². The summed E-state index contributed by atoms with van der Waals surface area (Å²) in [6, 6.07) is 10.9. The van der Waals surface area contributed by atoms with E-state index in [9.17, 15) is 9.59 Å². The summed E-state index contributed by atoms with van der Waals surface area (Å²) in [7, 11) is 0. The Hall–Kier alpha value is -1.89. The molecule has 3 rings (SSSR count). The molecule has 4 N–H and O–H groups in total. The number of anilines is 2. The Labute approximate surface area is 157 Å². The molecule has 2 amide bonds. The molecule has 5 nitrogen and oxygen atoms in total. The fraction of sp³-hybridized carbons (Fsp3) is 0.333. The molecule has 1 saturated carbocycles. The highest BCUT2D eigenvalue weighted by atomic mass is 35.5. The predicted octanol–water partition coefficient (Wildman–Crippen LogP) is 3.88. The largest absolute Gasteiger partial charge is 0.328 e. The molecule has 0 saturated heterocycles. The Morgan fingerprint density at radius 1 is 1.04 bits per heavy atom. The number of benzene rings is 1. The highest BCUT2D eigenvalue weighted by molar-refractivity contribution is 7.12. The average molecular weight is 380 g/mol. The monoisotopic (exact) mass is 379 g/mol. The number of amides is 2. The van der Waals surface area contributed by atoms with Crippen molar-refractivity contribution in [3.63, 3.8) is 0 Å². The van der Waals surface area contributed by atoms with E-state index >= 15 is 0 Å². The van der Waals surface area contributed by atoms with Gasteiger partial charge in [0.25, 0.3) is 5.91 Å². The van der Waals surface area contributed by atoms with Crippen LogP contribution >= 0.6 is 23.7 Å². The zero-order valence-corrected chi connectivity index (χ0v) is 15.4. The fourth-order valence-electron chi connectivity index (χ4n) is 2.99. The molecule has 1 heterocycles. The van der Waals surface area contributed by atoms with Gasteiger partial charge < -0.3 is 16.4 Å². The third kappa shape index (κ3) is 5.04. The second-order valence-electron chi connectivity index (χ2n) is 6.09. The van der Waals surface area contributed by atoms with E-state index in [2.05, 4.69) is 10.6 Å². The number of thiophene rings is 1. The van der Waals surface area contributed by atoms with E-state index in [0.29, 0.717) is 16.3 Å². The third-order valence-corrected chi connectivity index (χ3v) is 5.13. The number of rotatable bonds is 4. The van der Waals surface area contributed by atoms with Gasteiger partial charge in [0.15, 0.2) is 0 Å². The molecule has 2 atom stereocenters. The van der Waals surface area contributed by atoms with Gasteiger partial charge in [-0.2, -0.15) is 0 Å². The fourth-order valence-corrected chi connectivity index (χ4v) is 3.61. The van der Waals surface area contributed by atoms with Crippen LogP contribution in [0.15, 0.2) is 41.8 Å². The highest BCUT2D eigenvalue weighted by Gasteiger charge is 2.25. The maximum absolute atomic E-state index is 12.5. The van der Waals surface area contributed by atoms with E-state index in [1.54, 1.807) is 18.2 Å². The van der Waals surface area contributed by atoms with Crippen LogP contribution in [0.2, 0.25) is 0 Å². The molecule has 1 aromatic carbocycles. The zero-order chi connectivity index (χ0) is 16.9. The van der Waals surface area contributed by atoms with Crippen LogP contribution in [0.5, 0.6) is 0 Å². The lowest BCUT2D eigenvalue weighted by atomic mass is 9.85. The van der Waals surface area contributed by atoms with Crippen molar-refractivity contribution in [1.82, 2.24) is 0 Å². The van der Waals surface area contributed by atoms with Gasteiger partial charge in [-0.05, 0) is 42.8 Å². The van der Waals surface area contributed by atoms with Gasteiger partial charge in [-0.15, -0.1) is 23.7 Å². The van der Waals surface area contributed by atoms with Crippen LogP contribution in [0.4, 0.5) is 11.4 Å². The van der Waals surface area contributed by atoms with Crippen molar-refractivity contribution in [2.24, 2.45) is 11.7 Å². The zero-order valence-electron chi connectivity index (χ0n) is 13.7. The van der Waals surface area contributed by atoms with E-state index in [4.69, 9.17) is 5.73 Å². The van der Waals surface area contributed by atoms with Crippen molar-refractivity contribution in [1.29, 1.82) is 0 Å². The quantitative estimate of drug-likeness (QED) is 0.753. The van der Waals surface area contributed by atoms with Crippen molar-refractivity contribution < 1.29 is 9.59 Å². The van der Waals surface area contributed by atoms with Gasteiger partial charge in [0.2, 0.25) is 5.91 Å². The lowest BCUT2D eigenvalue weighted by molar-refractivity contribution is -0.120. The molecule has 1 aliphatic carbocycles. The number of carbonyl (C=O) groups excluding carboxylic acids is 2. The maximum atomic E-state index is 12.5. The van der Waals surface area contributed by atoms with Crippen LogP contribution in [-0.4, -0.2) is 17.9 Å². The van der Waals surface area contributed by atoms with Gasteiger partial charge >= 0.3 is 0 Å². The first-order chi connectivity index (χ1) is 11.6. The smallest absolute Gasteiger partial charge is 0.265 e. The minimum absolute atomic E-state index is 0. The number of carbonyl (C=O) groups is 2. The summed E-state index contributed by atoms with van der Waals surface area (Å²) >= 11 is 1.38. The third-order valence-electron chi connectivity index (χ3n) is 4.26. The Kier molecular flexibility index (Phi) is 6.99. The van der Waals surface area contributed by atoms with Gasteiger partial charge in [0.05, 0.1) is 16.3 Å². The summed E-state index contributed by atoms with van der Waals surface area (Å²) in [5.74, 6) is -0.260. The van der Waals surface area contributed by atoms with Crippen LogP contribution < -0.4 is 16.4 Å². The topological polar surface area (TPSA) is 84.2 Å². The van der Waals surface area contributed by atoms with Gasteiger partial charge in [-0.25, -0.2) is 0 Å². The first-order valence-electron chi connectivity index (χ1n) is 8.14. The standard InChI is InChI=1S/C18H21N3O2S.ClH/c19-13-6-3-5-12(11-13)17(22)20-14-7-1-2-8-15(14)21-18(23)16-9-4-10-24-16;/h1-2,4,7-10,12-13H,3,5-6,11,19H2,(H,20,22)(H,21,23);1H. The second kappa shape index (κ2) is 8.99. The van der Waals surface area contributed by atoms with Gasteiger partial charge in [-0.1, -0.05) is 24.6 Å². The SMILES string of the molecule is Cl.NC1CCCC(C(=O)Nc2ccccc2NC(=O)c2cccs2)C1. The number of nitrogens with one attached hydrogen (secondary N) is 2. The van der Waals surface area contributed by atoms with Crippen LogP contribution in [0.3, 0.4) is 0 Å². The lowest BCUT2D eigenvalue weighted by Gasteiger charge is -2.26. The molecule has 134 valence electrons. The average Bonchev–Trinajstić information content (AvgIpc) is 3.11. The summed E-state index contributed by atoms with van der Waals surface area (Å²) in [6.07, 6.45) is 3.55. The summed E-state index contributed by atoms with van der Waals surface area (Å²) in [6.45, 7) is 0. The molecule has 1 aliphatic rings. The van der Waals surface area contributed by atoms with E-state index in [1.165, 1.54) is 11.3 Å². The van der Waals surface area contributed by atoms with Crippen LogP contribution in [-0.2, 0) is 4.79 Å². The molecular formula is C18H22ClN3O2S. The van der Waals surface area contributed by atoms with Crippen molar-refractivity contribution in [3.8, 4) is 0 Å². The molecule has 2 aromatic rings. The molecule has 0 aliphatic heterocycles. The minimum Gasteiger partial charge on any atom is -0.328 e. The molecule has 1 fully saturated rings. The summed E-state index contributed by atoms with van der Waals surface area (Å²) in [4.78, 5) is 25.4. The number of para-hydroxylation sites is 2. The van der Waals surface area contributed by atoms with Crippen molar-refractivity contribution in [3.05, 3.63) is 46.7 Å². The maximum Gasteiger partial charge on any atom is 0.265 e. The Balaban J connectivity index is 0.00000225. The van der Waals surface area contributed by atoms with Crippen molar-refractivity contribution >= 4 is 46.9 Å². The Morgan fingerprint density at radius 3 is 2.40 bits per heavy atom. The second-order valence-corrected chi connectivity index (χ2v) is 7.04. The summed E-state index contributed by atoms with van der Waals surface area (Å²) < 4.78 is 0. The molecule has 25 heavy (non-hydrogen) atoms. The van der Waals surface area contributed by atoms with E-state index in [-0.39, 0.29) is 36.2 Å². The summed E-state index contributed by atoms with van der Waals surface area (Å²) in [5, 5.41) is 7.66. The molecule has 0 bridgehead atoms. The number of halogens is 1. The summed E-state index contributed by atoms with van der Waals surface area (Å²) in [5.41, 5.74) is 7.19. The van der Waals surface area contributed by atoms with Gasteiger partial charge in [-0.3, -0.25) is 9.59 Å². The number of hydrogen-bond donors (Lipinski definition) is 3. The van der Waals surface area contributed by atoms with Gasteiger partial charge in [0, 0.05) is 12.0 Å². The Bertz CT molecular complexity index is 721. The van der Waals surface area contributed by atoms with E-state index in [1.807, 2.05) is 23.6 Å². The number of nitrogens with two attached hydrogens (primary N) is 1. The van der Waals surface area contributed by atoms with Crippen LogP contribution in [0.25, 0.3) is 0 Å². The first-order valence-corrected chi connectivity index (χ1v) is 9.02. The number of hydrogen-bond acceptors (Lipinski definition) is 4. The normalized spacial score (nSPS) is 19.6. The molecular weight excluding hydrogens is 358 g/mol. The Morgan fingerprint density at radius 2 is 1.76 bits per heavy atom. The van der Waals surface area contributed by atoms with E-state index in [0.717, 1.165) is 25.7 Å².